The van der Waals surface area contributed by atoms with Crippen LogP contribution >= 0.6 is 0 Å². The second kappa shape index (κ2) is 10.1. The van der Waals surface area contributed by atoms with Crippen molar-refractivity contribution in [3.05, 3.63) is 71.3 Å². The highest BCUT2D eigenvalue weighted by atomic mass is 32.2. The Morgan fingerprint density at radius 1 is 1.29 bits per heavy atom. The van der Waals surface area contributed by atoms with E-state index in [1.807, 2.05) is 25.1 Å². The van der Waals surface area contributed by atoms with Gasteiger partial charge in [0, 0.05) is 24.0 Å². The molecule has 1 fully saturated rings. The molecule has 0 amide bonds. The second-order valence-electron chi connectivity index (χ2n) is 8.53. The SMILES string of the molecule is Cc1cccc(Cn2ccc(C(=O)c3cncnc3C[C@@H]3C[C@H](COS(N)(=O)=O)[C@@H](O)C3)n2)n1. The molecule has 3 aromatic heterocycles. The van der Waals surface area contributed by atoms with E-state index < -0.39 is 16.4 Å². The molecule has 0 bridgehead atoms. The van der Waals surface area contributed by atoms with Gasteiger partial charge in [-0.2, -0.15) is 13.5 Å². The minimum atomic E-state index is -4.07. The Balaban J connectivity index is 1.44. The molecule has 0 spiro atoms. The minimum absolute atomic E-state index is 0.00418. The van der Waals surface area contributed by atoms with Crippen molar-refractivity contribution in [3.8, 4) is 0 Å². The van der Waals surface area contributed by atoms with E-state index >= 15 is 0 Å². The quantitative estimate of drug-likeness (QED) is 0.416. The number of hydrogen-bond donors (Lipinski definition) is 2. The molecule has 11 nitrogen and oxygen atoms in total. The van der Waals surface area contributed by atoms with Gasteiger partial charge in [0.2, 0.25) is 5.78 Å². The molecule has 0 aromatic carbocycles. The average molecular weight is 487 g/mol. The van der Waals surface area contributed by atoms with Crippen LogP contribution in [0.1, 0.15) is 46.0 Å². The number of aliphatic hydroxyl groups excluding tert-OH is 1. The molecule has 0 unspecified atom stereocenters. The molecule has 0 radical (unpaired) electrons. The maximum absolute atomic E-state index is 13.2. The highest BCUT2D eigenvalue weighted by Gasteiger charge is 2.35. The first-order valence-corrected chi connectivity index (χ1v) is 12.3. The number of carbonyl (C=O) groups is 1. The highest BCUT2D eigenvalue weighted by Crippen LogP contribution is 2.34. The maximum Gasteiger partial charge on any atom is 0.333 e. The van der Waals surface area contributed by atoms with Gasteiger partial charge in [0.25, 0.3) is 0 Å². The van der Waals surface area contributed by atoms with Gasteiger partial charge in [-0.05, 0) is 50.3 Å². The lowest BCUT2D eigenvalue weighted by molar-refractivity contribution is 0.100. The summed E-state index contributed by atoms with van der Waals surface area (Å²) in [5.41, 5.74) is 2.92. The van der Waals surface area contributed by atoms with E-state index in [1.165, 1.54) is 12.5 Å². The third kappa shape index (κ3) is 6.08. The van der Waals surface area contributed by atoms with Gasteiger partial charge in [0.05, 0.1) is 36.2 Å². The summed E-state index contributed by atoms with van der Waals surface area (Å²) in [6.45, 7) is 2.17. The molecular formula is C22H26N6O5S. The zero-order chi connectivity index (χ0) is 24.3. The smallest absolute Gasteiger partial charge is 0.333 e. The number of rotatable bonds is 9. The topological polar surface area (TPSA) is 163 Å². The molecule has 12 heteroatoms. The molecule has 0 aliphatic heterocycles. The molecule has 1 aliphatic carbocycles. The van der Waals surface area contributed by atoms with Gasteiger partial charge in [-0.15, -0.1) is 0 Å². The molecule has 34 heavy (non-hydrogen) atoms. The number of nitrogens with two attached hydrogens (primary N) is 1. The van der Waals surface area contributed by atoms with Crippen molar-refractivity contribution in [2.45, 2.75) is 38.8 Å². The number of aromatic nitrogens is 5. The van der Waals surface area contributed by atoms with Crippen molar-refractivity contribution in [1.29, 1.82) is 0 Å². The lowest BCUT2D eigenvalue weighted by Gasteiger charge is -2.13. The summed E-state index contributed by atoms with van der Waals surface area (Å²) in [7, 11) is -4.07. The lowest BCUT2D eigenvalue weighted by atomic mass is 9.96. The molecule has 1 aliphatic rings. The third-order valence-corrected chi connectivity index (χ3v) is 6.33. The third-order valence-electron chi connectivity index (χ3n) is 5.87. The summed E-state index contributed by atoms with van der Waals surface area (Å²) < 4.78 is 28.4. The summed E-state index contributed by atoms with van der Waals surface area (Å²) in [5.74, 6) is -0.662. The fourth-order valence-corrected chi connectivity index (χ4v) is 4.65. The summed E-state index contributed by atoms with van der Waals surface area (Å²) in [4.78, 5) is 26.0. The molecule has 3 heterocycles. The Morgan fingerprint density at radius 3 is 2.88 bits per heavy atom. The van der Waals surface area contributed by atoms with E-state index in [0.717, 1.165) is 11.4 Å². The molecule has 0 saturated heterocycles. The van der Waals surface area contributed by atoms with E-state index in [2.05, 4.69) is 24.2 Å². The fourth-order valence-electron chi connectivity index (χ4n) is 4.29. The molecular weight excluding hydrogens is 460 g/mol. The molecule has 1 saturated carbocycles. The summed E-state index contributed by atoms with van der Waals surface area (Å²) in [5, 5.41) is 19.6. The van der Waals surface area contributed by atoms with Crippen LogP contribution in [0.4, 0.5) is 0 Å². The van der Waals surface area contributed by atoms with Gasteiger partial charge in [-0.3, -0.25) is 18.6 Å². The van der Waals surface area contributed by atoms with Gasteiger partial charge in [-0.25, -0.2) is 15.1 Å². The lowest BCUT2D eigenvalue weighted by Crippen LogP contribution is -2.24. The Labute approximate surface area is 197 Å². The van der Waals surface area contributed by atoms with Crippen LogP contribution in [0, 0.1) is 18.8 Å². The maximum atomic E-state index is 13.2. The monoisotopic (exact) mass is 486 g/mol. The molecule has 4 rings (SSSR count). The van der Waals surface area contributed by atoms with E-state index in [-0.39, 0.29) is 29.9 Å². The number of carbonyl (C=O) groups excluding carboxylic acids is 1. The van der Waals surface area contributed by atoms with Crippen molar-refractivity contribution < 1.29 is 22.5 Å². The van der Waals surface area contributed by atoms with E-state index in [0.29, 0.717) is 37.1 Å². The fraction of sp³-hybridized carbons (Fsp3) is 0.409. The average Bonchev–Trinajstić information content (AvgIpc) is 3.38. The van der Waals surface area contributed by atoms with Crippen molar-refractivity contribution in [2.24, 2.45) is 17.0 Å². The highest BCUT2D eigenvalue weighted by molar-refractivity contribution is 7.84. The summed E-state index contributed by atoms with van der Waals surface area (Å²) in [6, 6.07) is 7.38. The number of hydrogen-bond acceptors (Lipinski definition) is 9. The zero-order valence-corrected chi connectivity index (χ0v) is 19.4. The van der Waals surface area contributed by atoms with Crippen molar-refractivity contribution in [1.82, 2.24) is 24.7 Å². The zero-order valence-electron chi connectivity index (χ0n) is 18.6. The van der Waals surface area contributed by atoms with Crippen LogP contribution in [0.5, 0.6) is 0 Å². The van der Waals surface area contributed by atoms with E-state index in [4.69, 9.17) is 5.14 Å². The second-order valence-corrected chi connectivity index (χ2v) is 9.75. The Kier molecular flexibility index (Phi) is 7.12. The first-order chi connectivity index (χ1) is 16.2. The van der Waals surface area contributed by atoms with Crippen molar-refractivity contribution >= 4 is 16.1 Å². The number of ketones is 1. The van der Waals surface area contributed by atoms with Crippen LogP contribution in [0.25, 0.3) is 0 Å². The number of aryl methyl sites for hydroxylation is 1. The van der Waals surface area contributed by atoms with E-state index in [9.17, 15) is 18.3 Å². The number of aliphatic hydroxyl groups is 1. The van der Waals surface area contributed by atoms with Crippen molar-refractivity contribution in [3.63, 3.8) is 0 Å². The van der Waals surface area contributed by atoms with Crippen LogP contribution in [0.2, 0.25) is 0 Å². The first kappa shape index (κ1) is 24.1. The first-order valence-electron chi connectivity index (χ1n) is 10.8. The molecule has 180 valence electrons. The standard InChI is InChI=1S/C22H26N6O5S/c1-14-3-2-4-17(26-14)11-28-6-5-19(27-28)22(30)18-10-24-13-25-20(18)8-15-7-16(21(29)9-15)12-33-34(23,31)32/h2-6,10,13,15-16,21,29H,7-9,11-12H2,1H3,(H2,23,31,32)/t15-,16+,21-/m0/s1. The largest absolute Gasteiger partial charge is 0.393 e. The predicted octanol–water partition coefficient (Wildman–Crippen LogP) is 0.806. The van der Waals surface area contributed by atoms with Gasteiger partial charge in [-0.1, -0.05) is 6.07 Å². The number of pyridine rings is 1. The molecule has 3 atom stereocenters. The Bertz CT molecular complexity index is 1280. The van der Waals surface area contributed by atoms with Crippen LogP contribution in [0.15, 0.2) is 43.0 Å². The van der Waals surface area contributed by atoms with Crippen LogP contribution in [-0.2, 0) is 27.5 Å². The Morgan fingerprint density at radius 2 is 2.12 bits per heavy atom. The minimum Gasteiger partial charge on any atom is -0.393 e. The normalized spacial score (nSPS) is 20.5. The van der Waals surface area contributed by atoms with Crippen LogP contribution in [0.3, 0.4) is 0 Å². The molecule has 3 aromatic rings. The van der Waals surface area contributed by atoms with Crippen LogP contribution in [-0.4, -0.2) is 56.8 Å². The van der Waals surface area contributed by atoms with Crippen LogP contribution < -0.4 is 5.14 Å². The predicted molar refractivity (Wildman–Crippen MR) is 121 cm³/mol. The van der Waals surface area contributed by atoms with Gasteiger partial charge in [0.15, 0.2) is 0 Å². The van der Waals surface area contributed by atoms with Crippen molar-refractivity contribution in [2.75, 3.05) is 6.61 Å². The van der Waals surface area contributed by atoms with Gasteiger partial charge < -0.3 is 5.11 Å². The van der Waals surface area contributed by atoms with Gasteiger partial charge in [0.1, 0.15) is 12.0 Å². The van der Waals surface area contributed by atoms with E-state index in [1.54, 1.807) is 16.9 Å². The Hall–Kier alpha value is -3.06. The number of nitrogens with zero attached hydrogens (tertiary/aromatic N) is 5. The molecule has 3 N–H and O–H groups in total. The van der Waals surface area contributed by atoms with Gasteiger partial charge >= 0.3 is 10.3 Å². The summed E-state index contributed by atoms with van der Waals surface area (Å²) in [6.07, 6.45) is 5.24. The summed E-state index contributed by atoms with van der Waals surface area (Å²) >= 11 is 0.